The van der Waals surface area contributed by atoms with E-state index in [9.17, 15) is 12.8 Å². The van der Waals surface area contributed by atoms with Gasteiger partial charge < -0.3 is 9.88 Å². The molecule has 41 heavy (non-hydrogen) atoms. The lowest BCUT2D eigenvalue weighted by Crippen LogP contribution is -2.21. The highest BCUT2D eigenvalue weighted by molar-refractivity contribution is 7.88. The number of hydrogen-bond acceptors (Lipinski definition) is 7. The maximum Gasteiger partial charge on any atom is 0.209 e. The fraction of sp³-hybridized carbons (Fsp3) is 0.172. The van der Waals surface area contributed by atoms with Crippen LogP contribution in [0.5, 0.6) is 0 Å². The lowest BCUT2D eigenvalue weighted by molar-refractivity contribution is 0.402. The first kappa shape index (κ1) is 26.7. The Kier molecular flexibility index (Phi) is 6.81. The molecule has 3 N–H and O–H groups in total. The normalized spacial score (nSPS) is 12.1. The van der Waals surface area contributed by atoms with E-state index in [0.29, 0.717) is 28.0 Å². The number of halogens is 1. The molecule has 0 saturated carbocycles. The van der Waals surface area contributed by atoms with Gasteiger partial charge in [0.05, 0.1) is 23.7 Å². The lowest BCUT2D eigenvalue weighted by Gasteiger charge is -2.10. The SMILES string of the molecule is CN(C)Cc1cncc(-c2cnc3[nH]nc(-c4cc5c(-c6cc(F)cc(CNS(C)(=O)=O)c6)cncc5[nH]4)c3c2)c1. The van der Waals surface area contributed by atoms with E-state index in [-0.39, 0.29) is 6.54 Å². The van der Waals surface area contributed by atoms with Crippen LogP contribution in [-0.2, 0) is 23.1 Å². The fourth-order valence-electron chi connectivity index (χ4n) is 4.89. The van der Waals surface area contributed by atoms with Crippen molar-refractivity contribution in [2.45, 2.75) is 13.1 Å². The van der Waals surface area contributed by atoms with Crippen molar-refractivity contribution >= 4 is 32.0 Å². The monoisotopic (exact) mass is 570 g/mol. The molecule has 208 valence electrons. The number of pyridine rings is 3. The Hall–Kier alpha value is -4.52. The molecule has 6 aromatic rings. The molecule has 0 radical (unpaired) electrons. The number of benzene rings is 1. The van der Waals surface area contributed by atoms with Crippen molar-refractivity contribution in [2.24, 2.45) is 0 Å². The summed E-state index contributed by atoms with van der Waals surface area (Å²) in [5, 5.41) is 9.21. The van der Waals surface area contributed by atoms with Crippen LogP contribution >= 0.6 is 0 Å². The van der Waals surface area contributed by atoms with E-state index in [0.717, 1.165) is 51.5 Å². The third kappa shape index (κ3) is 5.71. The van der Waals surface area contributed by atoms with E-state index in [1.165, 1.54) is 12.1 Å². The number of aromatic nitrogens is 6. The number of hydrogen-bond donors (Lipinski definition) is 3. The van der Waals surface area contributed by atoms with E-state index in [1.54, 1.807) is 24.7 Å². The maximum atomic E-state index is 14.6. The van der Waals surface area contributed by atoms with Crippen molar-refractivity contribution in [3.63, 3.8) is 0 Å². The topological polar surface area (TPSA) is 133 Å². The van der Waals surface area contributed by atoms with Gasteiger partial charge in [-0.15, -0.1) is 0 Å². The molecule has 0 aliphatic heterocycles. The lowest BCUT2D eigenvalue weighted by atomic mass is 10.0. The van der Waals surface area contributed by atoms with E-state index >= 15 is 0 Å². The van der Waals surface area contributed by atoms with E-state index in [4.69, 9.17) is 0 Å². The van der Waals surface area contributed by atoms with E-state index < -0.39 is 15.8 Å². The van der Waals surface area contributed by atoms with Crippen molar-refractivity contribution in [3.8, 4) is 33.6 Å². The minimum Gasteiger partial charge on any atom is -0.352 e. The first-order chi connectivity index (χ1) is 19.6. The molecule has 0 spiro atoms. The molecule has 1 aromatic carbocycles. The Balaban J connectivity index is 1.40. The summed E-state index contributed by atoms with van der Waals surface area (Å²) < 4.78 is 40.1. The maximum absolute atomic E-state index is 14.6. The van der Waals surface area contributed by atoms with Crippen LogP contribution in [0.3, 0.4) is 0 Å². The predicted molar refractivity (Wildman–Crippen MR) is 157 cm³/mol. The molecule has 12 heteroatoms. The van der Waals surface area contributed by atoms with Crippen LogP contribution in [0.2, 0.25) is 0 Å². The highest BCUT2D eigenvalue weighted by atomic mass is 32.2. The quantitative estimate of drug-likeness (QED) is 0.246. The highest BCUT2D eigenvalue weighted by Crippen LogP contribution is 2.35. The second-order valence-electron chi connectivity index (χ2n) is 10.3. The number of aromatic amines is 2. The van der Waals surface area contributed by atoms with Gasteiger partial charge in [0.2, 0.25) is 10.0 Å². The Morgan fingerprint density at radius 2 is 1.66 bits per heavy atom. The number of H-pyrrole nitrogens is 2. The Labute approximate surface area is 235 Å². The molecule has 0 amide bonds. The van der Waals surface area contributed by atoms with Crippen LogP contribution in [0.25, 0.3) is 55.6 Å². The van der Waals surface area contributed by atoms with Gasteiger partial charge in [-0.25, -0.2) is 22.5 Å². The highest BCUT2D eigenvalue weighted by Gasteiger charge is 2.16. The predicted octanol–water partition coefficient (Wildman–Crippen LogP) is 4.48. The van der Waals surface area contributed by atoms with Crippen LogP contribution in [0.4, 0.5) is 4.39 Å². The second kappa shape index (κ2) is 10.5. The summed E-state index contributed by atoms with van der Waals surface area (Å²) in [5.41, 5.74) is 7.59. The Morgan fingerprint density at radius 3 is 2.46 bits per heavy atom. The second-order valence-corrected chi connectivity index (χ2v) is 12.1. The first-order valence-corrected chi connectivity index (χ1v) is 14.7. The summed E-state index contributed by atoms with van der Waals surface area (Å²) >= 11 is 0. The molecule has 0 fully saturated rings. The molecule has 0 saturated heterocycles. The fourth-order valence-corrected chi connectivity index (χ4v) is 5.32. The third-order valence-electron chi connectivity index (χ3n) is 6.65. The summed E-state index contributed by atoms with van der Waals surface area (Å²) in [6.45, 7) is 0.757. The van der Waals surface area contributed by atoms with Gasteiger partial charge in [-0.2, -0.15) is 5.10 Å². The zero-order chi connectivity index (χ0) is 28.7. The molecule has 10 nitrogen and oxygen atoms in total. The molecule has 6 rings (SSSR count). The number of nitrogens with one attached hydrogen (secondary N) is 3. The van der Waals surface area contributed by atoms with Gasteiger partial charge in [-0.3, -0.25) is 15.1 Å². The summed E-state index contributed by atoms with van der Waals surface area (Å²) in [5.74, 6) is -0.471. The van der Waals surface area contributed by atoms with Gasteiger partial charge in [0.15, 0.2) is 5.65 Å². The molecule has 0 aliphatic rings. The van der Waals surface area contributed by atoms with E-state index in [1.807, 2.05) is 38.6 Å². The van der Waals surface area contributed by atoms with Gasteiger partial charge in [0.1, 0.15) is 11.5 Å². The van der Waals surface area contributed by atoms with Crippen LogP contribution in [0, 0.1) is 5.82 Å². The van der Waals surface area contributed by atoms with Crippen LogP contribution in [-0.4, -0.2) is 63.8 Å². The smallest absolute Gasteiger partial charge is 0.209 e. The average Bonchev–Trinajstić information content (AvgIpc) is 3.54. The third-order valence-corrected chi connectivity index (χ3v) is 7.32. The summed E-state index contributed by atoms with van der Waals surface area (Å²) in [6.07, 6.45) is 9.91. The molecule has 0 unspecified atom stereocenters. The largest absolute Gasteiger partial charge is 0.352 e. The number of nitrogens with zero attached hydrogens (tertiary/aromatic N) is 5. The molecular weight excluding hydrogens is 543 g/mol. The zero-order valence-corrected chi connectivity index (χ0v) is 23.4. The van der Waals surface area contributed by atoms with Crippen LogP contribution < -0.4 is 4.72 Å². The average molecular weight is 571 g/mol. The Bertz CT molecular complexity index is 2020. The molecule has 5 heterocycles. The standard InChI is InChI=1S/C29H27FN8O2S/c1-38(2)16-18-5-20(12-31-10-18)21-8-24-28(36-37-29(24)33-13-21)26-9-23-25(14-32-15-27(23)35-26)19-4-17(6-22(30)7-19)11-34-41(3,39)40/h4-10,12-15,34-35H,11,16H2,1-3H3,(H,33,36,37). The van der Waals surface area contributed by atoms with Crippen molar-refractivity contribution in [3.05, 3.63) is 84.3 Å². The summed E-state index contributed by atoms with van der Waals surface area (Å²) in [7, 11) is 0.608. The number of fused-ring (bicyclic) bond motifs is 2. The van der Waals surface area contributed by atoms with Gasteiger partial charge in [0, 0.05) is 65.3 Å². The van der Waals surface area contributed by atoms with Gasteiger partial charge >= 0.3 is 0 Å². The van der Waals surface area contributed by atoms with Crippen molar-refractivity contribution < 1.29 is 12.8 Å². The van der Waals surface area contributed by atoms with Gasteiger partial charge in [-0.1, -0.05) is 0 Å². The van der Waals surface area contributed by atoms with Crippen molar-refractivity contribution in [1.82, 2.24) is 39.8 Å². The molecule has 0 bridgehead atoms. The molecule has 5 aromatic heterocycles. The van der Waals surface area contributed by atoms with Crippen LogP contribution in [0.15, 0.2) is 67.4 Å². The summed E-state index contributed by atoms with van der Waals surface area (Å²) in [6, 6.07) is 10.6. The zero-order valence-electron chi connectivity index (χ0n) is 22.6. The van der Waals surface area contributed by atoms with E-state index in [2.05, 4.69) is 45.8 Å². The van der Waals surface area contributed by atoms with Crippen molar-refractivity contribution in [2.75, 3.05) is 20.4 Å². The first-order valence-electron chi connectivity index (χ1n) is 12.8. The molecular formula is C29H27FN8O2S. The van der Waals surface area contributed by atoms with Gasteiger partial charge in [-0.05, 0) is 67.2 Å². The van der Waals surface area contributed by atoms with Crippen molar-refractivity contribution in [1.29, 1.82) is 0 Å². The number of sulfonamides is 1. The Morgan fingerprint density at radius 1 is 0.878 bits per heavy atom. The van der Waals surface area contributed by atoms with Crippen LogP contribution in [0.1, 0.15) is 11.1 Å². The van der Waals surface area contributed by atoms with Gasteiger partial charge in [0.25, 0.3) is 0 Å². The number of rotatable bonds is 8. The minimum absolute atomic E-state index is 0.0203. The molecule has 0 aliphatic carbocycles. The minimum atomic E-state index is -3.43. The summed E-state index contributed by atoms with van der Waals surface area (Å²) in [4.78, 5) is 18.8. The molecule has 0 atom stereocenters.